The smallest absolute Gasteiger partial charge is 0.243 e. The summed E-state index contributed by atoms with van der Waals surface area (Å²) in [6.45, 7) is 6.44. The predicted molar refractivity (Wildman–Crippen MR) is 109 cm³/mol. The van der Waals surface area contributed by atoms with E-state index in [0.717, 1.165) is 35.4 Å². The van der Waals surface area contributed by atoms with E-state index in [-0.39, 0.29) is 12.5 Å². The van der Waals surface area contributed by atoms with Crippen LogP contribution in [-0.2, 0) is 4.79 Å². The highest BCUT2D eigenvalue weighted by Crippen LogP contribution is 2.21. The van der Waals surface area contributed by atoms with E-state index < -0.39 is 0 Å². The molecule has 0 aliphatic carbocycles. The summed E-state index contributed by atoms with van der Waals surface area (Å²) in [6, 6.07) is 17.8. The van der Waals surface area contributed by atoms with Crippen molar-refractivity contribution in [2.45, 2.75) is 13.8 Å². The minimum Gasteiger partial charge on any atom is -0.376 e. The zero-order valence-corrected chi connectivity index (χ0v) is 15.2. The molecule has 2 N–H and O–H groups in total. The first kappa shape index (κ1) is 17.7. The molecule has 1 aromatic heterocycles. The molecule has 0 aliphatic rings. The van der Waals surface area contributed by atoms with Gasteiger partial charge in [0.25, 0.3) is 0 Å². The average molecular weight is 348 g/mol. The van der Waals surface area contributed by atoms with Gasteiger partial charge in [0.2, 0.25) is 5.91 Å². The number of aromatic nitrogens is 1. The maximum Gasteiger partial charge on any atom is 0.243 e. The van der Waals surface area contributed by atoms with Gasteiger partial charge in [-0.15, -0.1) is 0 Å². The second kappa shape index (κ2) is 8.34. The van der Waals surface area contributed by atoms with Crippen LogP contribution in [0, 0.1) is 0 Å². The molecule has 0 aliphatic heterocycles. The van der Waals surface area contributed by atoms with E-state index in [4.69, 9.17) is 0 Å². The van der Waals surface area contributed by atoms with Crippen molar-refractivity contribution in [1.29, 1.82) is 0 Å². The maximum atomic E-state index is 12.3. The van der Waals surface area contributed by atoms with Crippen molar-refractivity contribution < 1.29 is 4.79 Å². The van der Waals surface area contributed by atoms with Crippen LogP contribution in [0.5, 0.6) is 0 Å². The fraction of sp³-hybridized carbons (Fsp3) is 0.238. The van der Waals surface area contributed by atoms with Crippen molar-refractivity contribution in [3.63, 3.8) is 0 Å². The number of hydrogen-bond acceptors (Lipinski definition) is 4. The van der Waals surface area contributed by atoms with Gasteiger partial charge in [0.1, 0.15) is 0 Å². The summed E-state index contributed by atoms with van der Waals surface area (Å²) in [5, 5.41) is 7.10. The summed E-state index contributed by atoms with van der Waals surface area (Å²) in [4.78, 5) is 18.9. The number of amides is 1. The van der Waals surface area contributed by atoms with E-state index in [1.807, 2.05) is 42.5 Å². The lowest BCUT2D eigenvalue weighted by Crippen LogP contribution is -2.22. The van der Waals surface area contributed by atoms with Gasteiger partial charge in [-0.2, -0.15) is 0 Å². The second-order valence-electron chi connectivity index (χ2n) is 6.00. The summed E-state index contributed by atoms with van der Waals surface area (Å²) >= 11 is 0. The quantitative estimate of drug-likeness (QED) is 0.674. The lowest BCUT2D eigenvalue weighted by molar-refractivity contribution is -0.114. The normalized spacial score (nSPS) is 10.5. The largest absolute Gasteiger partial charge is 0.376 e. The van der Waals surface area contributed by atoms with Crippen LogP contribution in [-0.4, -0.2) is 30.5 Å². The van der Waals surface area contributed by atoms with Crippen molar-refractivity contribution in [3.05, 3.63) is 60.8 Å². The number of fused-ring (bicyclic) bond motifs is 1. The van der Waals surface area contributed by atoms with Gasteiger partial charge in [0, 0.05) is 36.0 Å². The van der Waals surface area contributed by atoms with E-state index in [0.29, 0.717) is 0 Å². The molecule has 5 heteroatoms. The molecule has 1 amide bonds. The van der Waals surface area contributed by atoms with E-state index in [1.165, 1.54) is 5.69 Å². The van der Waals surface area contributed by atoms with Crippen LogP contribution in [0.25, 0.3) is 10.9 Å². The highest BCUT2D eigenvalue weighted by atomic mass is 16.1. The number of carbonyl (C=O) groups excluding carboxylic acids is 1. The Morgan fingerprint density at radius 1 is 1.00 bits per heavy atom. The Bertz CT molecular complexity index is 867. The van der Waals surface area contributed by atoms with Gasteiger partial charge < -0.3 is 15.5 Å². The summed E-state index contributed by atoms with van der Waals surface area (Å²) in [5.41, 5.74) is 3.64. The molecule has 26 heavy (non-hydrogen) atoms. The molecular weight excluding hydrogens is 324 g/mol. The molecule has 2 aromatic carbocycles. The monoisotopic (exact) mass is 348 g/mol. The van der Waals surface area contributed by atoms with E-state index in [9.17, 15) is 4.79 Å². The van der Waals surface area contributed by atoms with Crippen LogP contribution in [0.1, 0.15) is 13.8 Å². The van der Waals surface area contributed by atoms with Crippen LogP contribution in [0.4, 0.5) is 17.1 Å². The third-order valence-electron chi connectivity index (χ3n) is 4.36. The Labute approximate surface area is 154 Å². The van der Waals surface area contributed by atoms with Crippen LogP contribution in [0.2, 0.25) is 0 Å². The number of rotatable bonds is 7. The first-order valence-electron chi connectivity index (χ1n) is 8.93. The van der Waals surface area contributed by atoms with Gasteiger partial charge >= 0.3 is 0 Å². The Kier molecular flexibility index (Phi) is 5.69. The van der Waals surface area contributed by atoms with Crippen LogP contribution in [0.15, 0.2) is 60.8 Å². The standard InChI is InChI=1S/C21H24N4O/c1-3-25(4-2)18-12-10-17(11-13-18)23-15-20(26)24-19-9-5-7-16-8-6-14-22-21(16)19/h5-14,23H,3-4,15H2,1-2H3,(H,24,26). The van der Waals surface area contributed by atoms with E-state index >= 15 is 0 Å². The second-order valence-corrected chi connectivity index (χ2v) is 6.00. The van der Waals surface area contributed by atoms with Crippen molar-refractivity contribution in [1.82, 2.24) is 4.98 Å². The van der Waals surface area contributed by atoms with Gasteiger partial charge in [0.15, 0.2) is 0 Å². The third kappa shape index (κ3) is 4.11. The third-order valence-corrected chi connectivity index (χ3v) is 4.36. The molecule has 0 radical (unpaired) electrons. The fourth-order valence-corrected chi connectivity index (χ4v) is 2.96. The Morgan fingerprint density at radius 3 is 2.46 bits per heavy atom. The van der Waals surface area contributed by atoms with Gasteiger partial charge in [-0.05, 0) is 50.2 Å². The van der Waals surface area contributed by atoms with Crippen LogP contribution in [0.3, 0.4) is 0 Å². The number of nitrogens with one attached hydrogen (secondary N) is 2. The predicted octanol–water partition coefficient (Wildman–Crippen LogP) is 4.13. The minimum absolute atomic E-state index is 0.101. The summed E-state index contributed by atoms with van der Waals surface area (Å²) in [7, 11) is 0. The molecule has 5 nitrogen and oxygen atoms in total. The number of pyridine rings is 1. The number of nitrogens with zero attached hydrogens (tertiary/aromatic N) is 2. The van der Waals surface area contributed by atoms with Crippen LogP contribution >= 0.6 is 0 Å². The van der Waals surface area contributed by atoms with Crippen molar-refractivity contribution in [3.8, 4) is 0 Å². The summed E-state index contributed by atoms with van der Waals surface area (Å²) in [6.07, 6.45) is 1.73. The molecule has 0 saturated heterocycles. The first-order chi connectivity index (χ1) is 12.7. The SMILES string of the molecule is CCN(CC)c1ccc(NCC(=O)Nc2cccc3cccnc23)cc1. The Balaban J connectivity index is 1.60. The maximum absolute atomic E-state index is 12.3. The van der Waals surface area contributed by atoms with E-state index in [1.54, 1.807) is 6.20 Å². The van der Waals surface area contributed by atoms with E-state index in [2.05, 4.69) is 46.5 Å². The molecular formula is C21H24N4O. The van der Waals surface area contributed by atoms with Gasteiger partial charge in [0.05, 0.1) is 17.7 Å². The highest BCUT2D eigenvalue weighted by molar-refractivity contribution is 6.01. The molecule has 0 bridgehead atoms. The fourth-order valence-electron chi connectivity index (χ4n) is 2.96. The molecule has 3 aromatic rings. The Morgan fingerprint density at radius 2 is 1.73 bits per heavy atom. The Hall–Kier alpha value is -3.08. The molecule has 0 unspecified atom stereocenters. The van der Waals surface area contributed by atoms with Crippen LogP contribution < -0.4 is 15.5 Å². The lowest BCUT2D eigenvalue weighted by atomic mass is 10.2. The highest BCUT2D eigenvalue weighted by Gasteiger charge is 2.07. The molecule has 0 fully saturated rings. The number of para-hydroxylation sites is 1. The van der Waals surface area contributed by atoms with Gasteiger partial charge in [-0.3, -0.25) is 9.78 Å². The number of benzene rings is 2. The van der Waals surface area contributed by atoms with Crippen molar-refractivity contribution in [2.24, 2.45) is 0 Å². The van der Waals surface area contributed by atoms with Gasteiger partial charge in [-0.1, -0.05) is 18.2 Å². The molecule has 3 rings (SSSR count). The average Bonchev–Trinajstić information content (AvgIpc) is 2.68. The molecule has 1 heterocycles. The van der Waals surface area contributed by atoms with Crippen molar-refractivity contribution in [2.75, 3.05) is 35.2 Å². The zero-order valence-electron chi connectivity index (χ0n) is 15.2. The topological polar surface area (TPSA) is 57.3 Å². The van der Waals surface area contributed by atoms with Crippen molar-refractivity contribution >= 4 is 33.9 Å². The zero-order chi connectivity index (χ0) is 18.4. The minimum atomic E-state index is -0.101. The first-order valence-corrected chi connectivity index (χ1v) is 8.93. The summed E-state index contributed by atoms with van der Waals surface area (Å²) < 4.78 is 0. The summed E-state index contributed by atoms with van der Waals surface area (Å²) in [5.74, 6) is -0.101. The lowest BCUT2D eigenvalue weighted by Gasteiger charge is -2.21. The van der Waals surface area contributed by atoms with Gasteiger partial charge in [-0.25, -0.2) is 0 Å². The molecule has 0 atom stereocenters. The molecule has 0 saturated carbocycles. The number of anilines is 3. The number of carbonyl (C=O) groups is 1. The number of hydrogen-bond donors (Lipinski definition) is 2. The molecule has 134 valence electrons. The molecule has 0 spiro atoms.